The second-order valence-corrected chi connectivity index (χ2v) is 6.35. The van der Waals surface area contributed by atoms with Crippen molar-refractivity contribution in [2.24, 2.45) is 0 Å². The summed E-state index contributed by atoms with van der Waals surface area (Å²) in [6.45, 7) is 8.70. The monoisotopic (exact) mass is 288 g/mol. The van der Waals surface area contributed by atoms with Crippen LogP contribution in [0.25, 0.3) is 10.9 Å². The molecule has 2 heterocycles. The minimum absolute atomic E-state index is 0.398. The minimum atomic E-state index is 0.398. The lowest BCUT2D eigenvalue weighted by atomic mass is 9.99. The molecule has 0 unspecified atom stereocenters. The smallest absolute Gasteiger partial charge is 0.0721 e. The van der Waals surface area contributed by atoms with Gasteiger partial charge in [0.2, 0.25) is 0 Å². The van der Waals surface area contributed by atoms with Crippen molar-refractivity contribution in [1.29, 1.82) is 0 Å². The van der Waals surface area contributed by atoms with E-state index in [9.17, 15) is 0 Å². The van der Waals surface area contributed by atoms with Gasteiger partial charge in [-0.05, 0) is 49.4 Å². The molecule has 0 amide bonds. The predicted octanol–water partition coefficient (Wildman–Crippen LogP) is 4.92. The van der Waals surface area contributed by atoms with E-state index >= 15 is 0 Å². The summed E-state index contributed by atoms with van der Waals surface area (Å²) in [5, 5.41) is 1.97. The molecule has 0 bridgehead atoms. The van der Waals surface area contributed by atoms with E-state index in [2.05, 4.69) is 43.9 Å². The lowest BCUT2D eigenvalue weighted by molar-refractivity contribution is 0.848. The summed E-state index contributed by atoms with van der Waals surface area (Å²) in [7, 11) is 0. The molecule has 0 saturated carbocycles. The van der Waals surface area contributed by atoms with Crippen molar-refractivity contribution in [3.63, 3.8) is 0 Å². The SMILES string of the molecule is Cc1nc2ccc(N3CCCC3)cc2c(Cl)c1C(C)C. The van der Waals surface area contributed by atoms with Crippen molar-refractivity contribution in [3.8, 4) is 0 Å². The van der Waals surface area contributed by atoms with Gasteiger partial charge in [-0.15, -0.1) is 0 Å². The average molecular weight is 289 g/mol. The molecule has 3 rings (SSSR count). The number of anilines is 1. The van der Waals surface area contributed by atoms with Crippen LogP contribution >= 0.6 is 11.6 Å². The second kappa shape index (κ2) is 5.25. The molecule has 1 aromatic heterocycles. The third kappa shape index (κ3) is 2.26. The van der Waals surface area contributed by atoms with E-state index in [-0.39, 0.29) is 0 Å². The van der Waals surface area contributed by atoms with Gasteiger partial charge < -0.3 is 4.90 Å². The summed E-state index contributed by atoms with van der Waals surface area (Å²) in [5.41, 5.74) is 4.50. The lowest BCUT2D eigenvalue weighted by Gasteiger charge is -2.19. The van der Waals surface area contributed by atoms with Crippen LogP contribution in [0.2, 0.25) is 5.02 Å². The van der Waals surface area contributed by atoms with Crippen molar-refractivity contribution in [2.75, 3.05) is 18.0 Å². The lowest BCUT2D eigenvalue weighted by Crippen LogP contribution is -2.17. The van der Waals surface area contributed by atoms with Crippen molar-refractivity contribution in [1.82, 2.24) is 4.98 Å². The maximum atomic E-state index is 6.66. The van der Waals surface area contributed by atoms with Crippen molar-refractivity contribution < 1.29 is 0 Å². The largest absolute Gasteiger partial charge is 0.372 e. The summed E-state index contributed by atoms with van der Waals surface area (Å²) in [4.78, 5) is 7.16. The first-order valence-corrected chi connectivity index (χ1v) is 7.80. The standard InChI is InChI=1S/C17H21ClN2/c1-11(2)16-12(3)19-15-7-6-13(10-14(15)17(16)18)20-8-4-5-9-20/h6-7,10-11H,4-5,8-9H2,1-3H3. The first kappa shape index (κ1) is 13.7. The number of aromatic nitrogens is 1. The number of rotatable bonds is 2. The van der Waals surface area contributed by atoms with Crippen LogP contribution in [0.15, 0.2) is 18.2 Å². The van der Waals surface area contributed by atoms with Gasteiger partial charge in [0.1, 0.15) is 0 Å². The highest BCUT2D eigenvalue weighted by Gasteiger charge is 2.17. The molecule has 20 heavy (non-hydrogen) atoms. The number of nitrogens with zero attached hydrogens (tertiary/aromatic N) is 2. The minimum Gasteiger partial charge on any atom is -0.372 e. The zero-order valence-electron chi connectivity index (χ0n) is 12.4. The van der Waals surface area contributed by atoms with E-state index in [0.717, 1.165) is 34.7 Å². The molecule has 1 aliphatic rings. The highest BCUT2D eigenvalue weighted by molar-refractivity contribution is 6.36. The van der Waals surface area contributed by atoms with Crippen LogP contribution in [0, 0.1) is 6.92 Å². The second-order valence-electron chi connectivity index (χ2n) is 5.98. The predicted molar refractivity (Wildman–Crippen MR) is 87.0 cm³/mol. The molecule has 1 saturated heterocycles. The van der Waals surface area contributed by atoms with Crippen molar-refractivity contribution >= 4 is 28.2 Å². The zero-order chi connectivity index (χ0) is 14.3. The quantitative estimate of drug-likeness (QED) is 0.780. The molecule has 0 N–H and O–H groups in total. The fraction of sp³-hybridized carbons (Fsp3) is 0.471. The van der Waals surface area contributed by atoms with E-state index in [1.165, 1.54) is 24.1 Å². The maximum Gasteiger partial charge on any atom is 0.0721 e. The summed E-state index contributed by atoms with van der Waals surface area (Å²) < 4.78 is 0. The average Bonchev–Trinajstić information content (AvgIpc) is 2.92. The summed E-state index contributed by atoms with van der Waals surface area (Å²) in [5.74, 6) is 0.398. The molecule has 2 aromatic rings. The first-order chi connectivity index (χ1) is 9.58. The highest BCUT2D eigenvalue weighted by atomic mass is 35.5. The Hall–Kier alpha value is -1.28. The van der Waals surface area contributed by atoms with Crippen LogP contribution in [0.1, 0.15) is 43.9 Å². The van der Waals surface area contributed by atoms with E-state index in [4.69, 9.17) is 16.6 Å². The Labute approximate surface area is 125 Å². The Morgan fingerprint density at radius 1 is 1.20 bits per heavy atom. The van der Waals surface area contributed by atoms with Gasteiger partial charge in [0.05, 0.1) is 10.5 Å². The number of hydrogen-bond donors (Lipinski definition) is 0. The molecule has 0 atom stereocenters. The molecule has 0 aliphatic carbocycles. The van der Waals surface area contributed by atoms with Gasteiger partial charge in [-0.1, -0.05) is 25.4 Å². The number of aryl methyl sites for hydroxylation is 1. The third-order valence-corrected chi connectivity index (χ3v) is 4.59. The number of benzene rings is 1. The topological polar surface area (TPSA) is 16.1 Å². The molecule has 1 aromatic carbocycles. The zero-order valence-corrected chi connectivity index (χ0v) is 13.2. The number of hydrogen-bond acceptors (Lipinski definition) is 2. The summed E-state index contributed by atoms with van der Waals surface area (Å²) in [6.07, 6.45) is 2.57. The van der Waals surface area contributed by atoms with Gasteiger partial charge in [0.15, 0.2) is 0 Å². The Bertz CT molecular complexity index is 643. The molecule has 3 heteroatoms. The van der Waals surface area contributed by atoms with Crippen molar-refractivity contribution in [3.05, 3.63) is 34.5 Å². The van der Waals surface area contributed by atoms with Gasteiger partial charge >= 0.3 is 0 Å². The van der Waals surface area contributed by atoms with Crippen LogP contribution in [0.3, 0.4) is 0 Å². The maximum absolute atomic E-state index is 6.66. The van der Waals surface area contributed by atoms with Gasteiger partial charge in [0.25, 0.3) is 0 Å². The Kier molecular flexibility index (Phi) is 3.59. The molecule has 0 spiro atoms. The first-order valence-electron chi connectivity index (χ1n) is 7.42. The van der Waals surface area contributed by atoms with Crippen LogP contribution < -0.4 is 4.90 Å². The van der Waals surface area contributed by atoms with E-state index in [1.807, 2.05) is 0 Å². The van der Waals surface area contributed by atoms with Gasteiger partial charge in [0, 0.05) is 29.9 Å². The molecular formula is C17H21ClN2. The van der Waals surface area contributed by atoms with Crippen LogP contribution in [-0.4, -0.2) is 18.1 Å². The highest BCUT2D eigenvalue weighted by Crippen LogP contribution is 2.35. The van der Waals surface area contributed by atoms with E-state index in [1.54, 1.807) is 0 Å². The molecule has 1 fully saturated rings. The Balaban J connectivity index is 2.17. The Morgan fingerprint density at radius 3 is 2.55 bits per heavy atom. The van der Waals surface area contributed by atoms with Crippen LogP contribution in [0.4, 0.5) is 5.69 Å². The molecule has 1 aliphatic heterocycles. The van der Waals surface area contributed by atoms with Crippen LogP contribution in [0.5, 0.6) is 0 Å². The summed E-state index contributed by atoms with van der Waals surface area (Å²) in [6, 6.07) is 6.48. The molecule has 0 radical (unpaired) electrons. The van der Waals surface area contributed by atoms with Gasteiger partial charge in [-0.25, -0.2) is 0 Å². The number of halogens is 1. The number of pyridine rings is 1. The van der Waals surface area contributed by atoms with E-state index in [0.29, 0.717) is 5.92 Å². The van der Waals surface area contributed by atoms with Gasteiger partial charge in [-0.3, -0.25) is 4.98 Å². The number of fused-ring (bicyclic) bond motifs is 1. The molecule has 2 nitrogen and oxygen atoms in total. The molecular weight excluding hydrogens is 268 g/mol. The van der Waals surface area contributed by atoms with Crippen LogP contribution in [-0.2, 0) is 0 Å². The van der Waals surface area contributed by atoms with Gasteiger partial charge in [-0.2, -0.15) is 0 Å². The fourth-order valence-electron chi connectivity index (χ4n) is 3.19. The fourth-order valence-corrected chi connectivity index (χ4v) is 3.69. The van der Waals surface area contributed by atoms with Crippen molar-refractivity contribution in [2.45, 2.75) is 39.5 Å². The van der Waals surface area contributed by atoms with E-state index < -0.39 is 0 Å². The Morgan fingerprint density at radius 2 is 1.90 bits per heavy atom. The third-order valence-electron chi connectivity index (χ3n) is 4.18. The molecule has 106 valence electrons. The summed E-state index contributed by atoms with van der Waals surface area (Å²) >= 11 is 6.66. The normalized spacial score (nSPS) is 15.6.